The van der Waals surface area contributed by atoms with Crippen molar-refractivity contribution in [2.45, 2.75) is 0 Å². The Balaban J connectivity index is 1.72. The van der Waals surface area contributed by atoms with Crippen molar-refractivity contribution in [3.05, 3.63) is 60.5 Å². The van der Waals surface area contributed by atoms with Crippen LogP contribution in [0.5, 0.6) is 17.2 Å². The Morgan fingerprint density at radius 2 is 1.52 bits per heavy atom. The van der Waals surface area contributed by atoms with Gasteiger partial charge in [0.2, 0.25) is 5.75 Å². The Hall–Kier alpha value is -3.81. The van der Waals surface area contributed by atoms with Crippen LogP contribution in [-0.2, 0) is 0 Å². The standard InChI is InChI=1S/C21H19FN4O3/c1-27-17-10-16(11-18(28-2)20(17)29-3)23-15-8-9-19-24-25-21(26(19)12-15)13-4-6-14(22)7-5-13/h4-12,23H,1-3H3. The first-order valence-corrected chi connectivity index (χ1v) is 8.80. The minimum Gasteiger partial charge on any atom is -0.493 e. The lowest BCUT2D eigenvalue weighted by atomic mass is 10.2. The molecule has 0 saturated carbocycles. The predicted molar refractivity (Wildman–Crippen MR) is 108 cm³/mol. The van der Waals surface area contributed by atoms with E-state index in [-0.39, 0.29) is 5.82 Å². The van der Waals surface area contributed by atoms with Gasteiger partial charge in [0, 0.05) is 29.6 Å². The van der Waals surface area contributed by atoms with Crippen molar-refractivity contribution in [2.24, 2.45) is 0 Å². The quantitative estimate of drug-likeness (QED) is 0.526. The summed E-state index contributed by atoms with van der Waals surface area (Å²) >= 11 is 0. The summed E-state index contributed by atoms with van der Waals surface area (Å²) in [6.07, 6.45) is 1.87. The first kappa shape index (κ1) is 18.5. The summed E-state index contributed by atoms with van der Waals surface area (Å²) in [5, 5.41) is 11.7. The molecule has 7 nitrogen and oxygen atoms in total. The second-order valence-corrected chi connectivity index (χ2v) is 6.22. The lowest BCUT2D eigenvalue weighted by Crippen LogP contribution is -1.99. The van der Waals surface area contributed by atoms with Crippen LogP contribution in [0.2, 0.25) is 0 Å². The largest absolute Gasteiger partial charge is 0.493 e. The maximum absolute atomic E-state index is 13.2. The highest BCUT2D eigenvalue weighted by atomic mass is 19.1. The maximum atomic E-state index is 13.2. The minimum absolute atomic E-state index is 0.299. The Labute approximate surface area is 166 Å². The first-order valence-electron chi connectivity index (χ1n) is 8.80. The second kappa shape index (κ2) is 7.67. The monoisotopic (exact) mass is 394 g/mol. The van der Waals surface area contributed by atoms with Crippen molar-refractivity contribution in [3.63, 3.8) is 0 Å². The van der Waals surface area contributed by atoms with E-state index >= 15 is 0 Å². The third kappa shape index (κ3) is 3.52. The molecular formula is C21H19FN4O3. The zero-order valence-corrected chi connectivity index (χ0v) is 16.1. The van der Waals surface area contributed by atoms with Gasteiger partial charge in [-0.25, -0.2) is 4.39 Å². The number of aromatic nitrogens is 3. The van der Waals surface area contributed by atoms with Crippen LogP contribution in [0.4, 0.5) is 15.8 Å². The van der Waals surface area contributed by atoms with Gasteiger partial charge in [-0.15, -0.1) is 10.2 Å². The summed E-state index contributed by atoms with van der Waals surface area (Å²) in [5.41, 5.74) is 3.01. The van der Waals surface area contributed by atoms with Gasteiger partial charge in [-0.2, -0.15) is 0 Å². The normalized spacial score (nSPS) is 10.8. The van der Waals surface area contributed by atoms with Gasteiger partial charge in [-0.05, 0) is 36.4 Å². The van der Waals surface area contributed by atoms with Gasteiger partial charge < -0.3 is 19.5 Å². The van der Waals surface area contributed by atoms with E-state index in [0.29, 0.717) is 28.7 Å². The summed E-state index contributed by atoms with van der Waals surface area (Å²) in [4.78, 5) is 0. The molecule has 2 heterocycles. The molecule has 4 rings (SSSR count). The molecular weight excluding hydrogens is 375 g/mol. The smallest absolute Gasteiger partial charge is 0.203 e. The number of fused-ring (bicyclic) bond motifs is 1. The highest BCUT2D eigenvalue weighted by Crippen LogP contribution is 2.40. The number of nitrogens with one attached hydrogen (secondary N) is 1. The molecule has 0 spiro atoms. The van der Waals surface area contributed by atoms with Crippen LogP contribution in [0.3, 0.4) is 0 Å². The second-order valence-electron chi connectivity index (χ2n) is 6.22. The van der Waals surface area contributed by atoms with Gasteiger partial charge in [-0.1, -0.05) is 0 Å². The van der Waals surface area contributed by atoms with Crippen molar-refractivity contribution in [2.75, 3.05) is 26.6 Å². The zero-order chi connectivity index (χ0) is 20.4. The number of hydrogen-bond acceptors (Lipinski definition) is 6. The molecule has 0 fully saturated rings. The van der Waals surface area contributed by atoms with Crippen molar-refractivity contribution < 1.29 is 18.6 Å². The number of ether oxygens (including phenoxy) is 3. The van der Waals surface area contributed by atoms with Crippen LogP contribution in [0.1, 0.15) is 0 Å². The summed E-state index contributed by atoms with van der Waals surface area (Å²) in [7, 11) is 4.70. The molecule has 0 saturated heterocycles. The third-order valence-electron chi connectivity index (χ3n) is 4.46. The van der Waals surface area contributed by atoms with Crippen molar-refractivity contribution in [1.82, 2.24) is 14.6 Å². The first-order chi connectivity index (χ1) is 14.1. The van der Waals surface area contributed by atoms with E-state index < -0.39 is 0 Å². The Morgan fingerprint density at radius 1 is 0.828 bits per heavy atom. The molecule has 2 aromatic heterocycles. The van der Waals surface area contributed by atoms with E-state index in [1.165, 1.54) is 12.1 Å². The summed E-state index contributed by atoms with van der Waals surface area (Å²) in [6.45, 7) is 0. The molecule has 1 N–H and O–H groups in total. The Morgan fingerprint density at radius 3 is 2.14 bits per heavy atom. The average Bonchev–Trinajstić information content (AvgIpc) is 3.16. The number of rotatable bonds is 6. The van der Waals surface area contributed by atoms with Gasteiger partial charge >= 0.3 is 0 Å². The third-order valence-corrected chi connectivity index (χ3v) is 4.46. The van der Waals surface area contributed by atoms with Gasteiger partial charge in [0.15, 0.2) is 23.0 Å². The van der Waals surface area contributed by atoms with Crippen molar-refractivity contribution >= 4 is 17.0 Å². The molecule has 29 heavy (non-hydrogen) atoms. The Bertz CT molecular complexity index is 1130. The zero-order valence-electron chi connectivity index (χ0n) is 16.1. The molecule has 0 unspecified atom stereocenters. The summed E-state index contributed by atoms with van der Waals surface area (Å²) in [5.74, 6) is 1.94. The van der Waals surface area contributed by atoms with Crippen molar-refractivity contribution in [1.29, 1.82) is 0 Å². The highest BCUT2D eigenvalue weighted by Gasteiger charge is 2.14. The van der Waals surface area contributed by atoms with E-state index in [1.54, 1.807) is 33.5 Å². The summed E-state index contributed by atoms with van der Waals surface area (Å²) < 4.78 is 31.2. The molecule has 0 atom stereocenters. The van der Waals surface area contributed by atoms with Crippen LogP contribution < -0.4 is 19.5 Å². The molecule has 0 aliphatic heterocycles. The Kier molecular flexibility index (Phi) is 4.90. The number of nitrogens with zero attached hydrogens (tertiary/aromatic N) is 3. The van der Waals surface area contributed by atoms with E-state index in [2.05, 4.69) is 15.5 Å². The fourth-order valence-corrected chi connectivity index (χ4v) is 3.08. The molecule has 2 aromatic carbocycles. The molecule has 8 heteroatoms. The van der Waals surface area contributed by atoms with E-state index in [1.807, 2.05) is 34.9 Å². The number of methoxy groups -OCH3 is 3. The topological polar surface area (TPSA) is 69.9 Å². The molecule has 0 radical (unpaired) electrons. The number of hydrogen-bond donors (Lipinski definition) is 1. The number of benzene rings is 2. The average molecular weight is 394 g/mol. The maximum Gasteiger partial charge on any atom is 0.203 e. The van der Waals surface area contributed by atoms with Crippen molar-refractivity contribution in [3.8, 4) is 28.6 Å². The molecule has 148 valence electrons. The fraction of sp³-hybridized carbons (Fsp3) is 0.143. The van der Waals surface area contributed by atoms with Gasteiger partial charge in [-0.3, -0.25) is 4.40 Å². The lowest BCUT2D eigenvalue weighted by molar-refractivity contribution is 0.324. The predicted octanol–water partition coefficient (Wildman–Crippen LogP) is 4.30. The molecule has 0 aliphatic carbocycles. The van der Waals surface area contributed by atoms with Crippen LogP contribution in [0.15, 0.2) is 54.7 Å². The lowest BCUT2D eigenvalue weighted by Gasteiger charge is -2.15. The van der Waals surface area contributed by atoms with Crippen LogP contribution in [-0.4, -0.2) is 35.9 Å². The van der Waals surface area contributed by atoms with E-state index in [4.69, 9.17) is 14.2 Å². The SMILES string of the molecule is COc1cc(Nc2ccc3nnc(-c4ccc(F)cc4)n3c2)cc(OC)c1OC. The minimum atomic E-state index is -0.299. The van der Waals surface area contributed by atoms with Crippen LogP contribution in [0, 0.1) is 5.82 Å². The van der Waals surface area contributed by atoms with E-state index in [9.17, 15) is 4.39 Å². The van der Waals surface area contributed by atoms with Gasteiger partial charge in [0.05, 0.1) is 27.0 Å². The van der Waals surface area contributed by atoms with Crippen LogP contribution in [0.25, 0.3) is 17.0 Å². The van der Waals surface area contributed by atoms with Gasteiger partial charge in [0.1, 0.15) is 5.82 Å². The van der Waals surface area contributed by atoms with Crippen LogP contribution >= 0.6 is 0 Å². The van der Waals surface area contributed by atoms with Gasteiger partial charge in [0.25, 0.3) is 0 Å². The number of halogens is 1. The number of anilines is 2. The highest BCUT2D eigenvalue weighted by molar-refractivity contribution is 5.69. The molecule has 0 bridgehead atoms. The summed E-state index contributed by atoms with van der Waals surface area (Å²) in [6, 6.07) is 13.5. The molecule has 4 aromatic rings. The molecule has 0 aliphatic rings. The number of pyridine rings is 1. The molecule has 0 amide bonds. The fourth-order valence-electron chi connectivity index (χ4n) is 3.08. The van der Waals surface area contributed by atoms with E-state index in [0.717, 1.165) is 16.9 Å².